The van der Waals surface area contributed by atoms with E-state index in [2.05, 4.69) is 9.11 Å². The summed E-state index contributed by atoms with van der Waals surface area (Å²) in [5.41, 5.74) is 1.21. The van der Waals surface area contributed by atoms with E-state index in [4.69, 9.17) is 0 Å². The zero-order valence-corrected chi connectivity index (χ0v) is 10.3. The summed E-state index contributed by atoms with van der Waals surface area (Å²) in [6.45, 7) is 3.74. The maximum absolute atomic E-state index is 11.7. The maximum Gasteiger partial charge on any atom is 0.379 e. The lowest BCUT2D eigenvalue weighted by atomic mass is 10.1. The fourth-order valence-electron chi connectivity index (χ4n) is 1.51. The van der Waals surface area contributed by atoms with Crippen molar-refractivity contribution in [2.45, 2.75) is 13.8 Å². The van der Waals surface area contributed by atoms with E-state index in [-0.39, 0.29) is 6.61 Å². The molecule has 2 aromatic rings. The Morgan fingerprint density at radius 2 is 2.18 bits per heavy atom. The summed E-state index contributed by atoms with van der Waals surface area (Å²) in [7, 11) is 0. The minimum Gasteiger partial charge on any atom is -0.460 e. The lowest BCUT2D eigenvalue weighted by Gasteiger charge is -2.01. The topological polar surface area (TPSA) is 56.3 Å². The molecule has 0 aliphatic heterocycles. The fourth-order valence-corrected chi connectivity index (χ4v) is 2.28. The number of fused-ring (bicyclic) bond motifs is 1. The summed E-state index contributed by atoms with van der Waals surface area (Å²) in [5.74, 6) is -1.42. The van der Waals surface area contributed by atoms with Gasteiger partial charge in [-0.05, 0) is 43.6 Å². The van der Waals surface area contributed by atoms with Gasteiger partial charge in [-0.3, -0.25) is 4.79 Å². The number of rotatable bonds is 3. The third kappa shape index (κ3) is 2.19. The molecule has 0 aliphatic rings. The number of benzene rings is 1. The van der Waals surface area contributed by atoms with E-state index in [1.54, 1.807) is 25.1 Å². The number of esters is 1. The predicted molar refractivity (Wildman–Crippen MR) is 65.3 cm³/mol. The highest BCUT2D eigenvalue weighted by Gasteiger charge is 2.18. The molecule has 0 fully saturated rings. The summed E-state index contributed by atoms with van der Waals surface area (Å²) < 4.78 is 9.87. The molecule has 17 heavy (non-hydrogen) atoms. The van der Waals surface area contributed by atoms with Crippen molar-refractivity contribution in [3.63, 3.8) is 0 Å². The monoisotopic (exact) mass is 249 g/mol. The van der Waals surface area contributed by atoms with Gasteiger partial charge in [0.1, 0.15) is 0 Å². The van der Waals surface area contributed by atoms with Crippen molar-refractivity contribution in [3.8, 4) is 0 Å². The molecule has 1 aromatic carbocycles. The van der Waals surface area contributed by atoms with Crippen LogP contribution in [0.1, 0.15) is 23.0 Å². The Kier molecular flexibility index (Phi) is 3.19. The van der Waals surface area contributed by atoms with Gasteiger partial charge in [-0.1, -0.05) is 0 Å². The first kappa shape index (κ1) is 11.7. The molecule has 5 heteroatoms. The van der Waals surface area contributed by atoms with Crippen LogP contribution in [0.5, 0.6) is 0 Å². The number of carbonyl (C=O) groups is 2. The highest BCUT2D eigenvalue weighted by atomic mass is 32.1. The smallest absolute Gasteiger partial charge is 0.379 e. The Bertz CT molecular complexity index is 588. The van der Waals surface area contributed by atoms with Crippen molar-refractivity contribution in [2.24, 2.45) is 0 Å². The second-order valence-corrected chi connectivity index (χ2v) is 4.33. The molecule has 1 heterocycles. The molecule has 1 aromatic heterocycles. The number of hydrogen-bond donors (Lipinski definition) is 0. The Morgan fingerprint density at radius 1 is 1.41 bits per heavy atom. The Hall–Kier alpha value is -1.75. The number of ketones is 1. The zero-order valence-electron chi connectivity index (χ0n) is 9.52. The normalized spacial score (nSPS) is 10.5. The molecular formula is C12H11NO3S. The third-order valence-electron chi connectivity index (χ3n) is 2.37. The highest BCUT2D eigenvalue weighted by molar-refractivity contribution is 7.13. The van der Waals surface area contributed by atoms with Crippen LogP contribution in [-0.2, 0) is 9.53 Å². The summed E-state index contributed by atoms with van der Waals surface area (Å²) in [4.78, 5) is 23.0. The Balaban J connectivity index is 2.39. The van der Waals surface area contributed by atoms with E-state index in [0.29, 0.717) is 5.56 Å². The minimum absolute atomic E-state index is 0.200. The van der Waals surface area contributed by atoms with E-state index in [0.717, 1.165) is 15.8 Å². The Labute approximate surface area is 102 Å². The van der Waals surface area contributed by atoms with Crippen molar-refractivity contribution in [2.75, 3.05) is 6.61 Å². The van der Waals surface area contributed by atoms with Gasteiger partial charge in [0.15, 0.2) is 0 Å². The van der Waals surface area contributed by atoms with Crippen molar-refractivity contribution in [3.05, 3.63) is 29.5 Å². The summed E-state index contributed by atoms with van der Waals surface area (Å²) in [6, 6.07) is 5.11. The van der Waals surface area contributed by atoms with Gasteiger partial charge in [-0.15, -0.1) is 0 Å². The Morgan fingerprint density at radius 3 is 2.88 bits per heavy atom. The largest absolute Gasteiger partial charge is 0.460 e. The molecular weight excluding hydrogens is 238 g/mol. The van der Waals surface area contributed by atoms with Gasteiger partial charge in [0.05, 0.1) is 17.0 Å². The van der Waals surface area contributed by atoms with E-state index >= 15 is 0 Å². The van der Waals surface area contributed by atoms with Crippen LogP contribution in [0.4, 0.5) is 0 Å². The highest BCUT2D eigenvalue weighted by Crippen LogP contribution is 2.23. The van der Waals surface area contributed by atoms with Gasteiger partial charge in [-0.25, -0.2) is 4.79 Å². The lowest BCUT2D eigenvalue weighted by molar-refractivity contribution is -0.137. The van der Waals surface area contributed by atoms with Crippen LogP contribution in [0.15, 0.2) is 18.2 Å². The number of nitrogens with zero attached hydrogens (tertiary/aromatic N) is 1. The molecule has 2 rings (SSSR count). The molecule has 88 valence electrons. The zero-order chi connectivity index (χ0) is 12.4. The molecule has 0 amide bonds. The molecule has 0 bridgehead atoms. The van der Waals surface area contributed by atoms with Crippen LogP contribution in [0.2, 0.25) is 0 Å². The van der Waals surface area contributed by atoms with E-state index in [1.807, 2.05) is 6.92 Å². The molecule has 0 N–H and O–H groups in total. The van der Waals surface area contributed by atoms with Crippen LogP contribution >= 0.6 is 11.5 Å². The number of hydrogen-bond acceptors (Lipinski definition) is 5. The summed E-state index contributed by atoms with van der Waals surface area (Å²) in [5, 5.41) is 0.908. The van der Waals surface area contributed by atoms with Crippen LogP contribution in [0.25, 0.3) is 10.1 Å². The molecule has 0 aliphatic carbocycles. The standard InChI is InChI=1S/C12H11NO3S/c1-3-16-12(15)11(14)8-4-5-10-9(6-8)7(2)13-17-10/h4-6H,3H2,1-2H3. The number of aromatic nitrogens is 1. The third-order valence-corrected chi connectivity index (χ3v) is 3.29. The second kappa shape index (κ2) is 4.63. The summed E-state index contributed by atoms with van der Waals surface area (Å²) >= 11 is 1.38. The van der Waals surface area contributed by atoms with Crippen LogP contribution in [0, 0.1) is 6.92 Å². The number of aryl methyl sites for hydroxylation is 1. The molecule has 0 radical (unpaired) electrons. The van der Waals surface area contributed by atoms with Crippen LogP contribution in [0.3, 0.4) is 0 Å². The molecule has 0 atom stereocenters. The first-order chi connectivity index (χ1) is 8.13. The van der Waals surface area contributed by atoms with E-state index in [9.17, 15) is 9.59 Å². The average Bonchev–Trinajstić information content (AvgIpc) is 2.70. The van der Waals surface area contributed by atoms with Crippen LogP contribution < -0.4 is 0 Å². The first-order valence-corrected chi connectivity index (χ1v) is 5.98. The molecule has 4 nitrogen and oxygen atoms in total. The van der Waals surface area contributed by atoms with Gasteiger partial charge in [0.2, 0.25) is 0 Å². The average molecular weight is 249 g/mol. The quantitative estimate of drug-likeness (QED) is 0.476. The van der Waals surface area contributed by atoms with Crippen molar-refractivity contribution >= 4 is 33.4 Å². The van der Waals surface area contributed by atoms with Gasteiger partial charge < -0.3 is 4.74 Å². The number of carbonyl (C=O) groups excluding carboxylic acids is 2. The van der Waals surface area contributed by atoms with E-state index < -0.39 is 11.8 Å². The van der Waals surface area contributed by atoms with Gasteiger partial charge in [0, 0.05) is 10.9 Å². The van der Waals surface area contributed by atoms with Crippen molar-refractivity contribution in [1.82, 2.24) is 4.37 Å². The molecule has 0 saturated carbocycles. The number of ether oxygens (including phenoxy) is 1. The van der Waals surface area contributed by atoms with E-state index in [1.165, 1.54) is 11.5 Å². The van der Waals surface area contributed by atoms with Crippen molar-refractivity contribution in [1.29, 1.82) is 0 Å². The molecule has 0 saturated heterocycles. The fraction of sp³-hybridized carbons (Fsp3) is 0.250. The summed E-state index contributed by atoms with van der Waals surface area (Å²) in [6.07, 6.45) is 0. The molecule has 0 spiro atoms. The maximum atomic E-state index is 11.7. The first-order valence-electron chi connectivity index (χ1n) is 5.21. The lowest BCUT2D eigenvalue weighted by Crippen LogP contribution is -2.17. The van der Waals surface area contributed by atoms with Gasteiger partial charge in [-0.2, -0.15) is 4.37 Å². The SMILES string of the molecule is CCOC(=O)C(=O)c1ccc2snc(C)c2c1. The number of Topliss-reactive ketones (excluding diaryl/α,β-unsaturated/α-hetero) is 1. The second-order valence-electron chi connectivity index (χ2n) is 3.53. The predicted octanol–water partition coefficient (Wildman–Crippen LogP) is 2.35. The molecule has 0 unspecified atom stereocenters. The van der Waals surface area contributed by atoms with Gasteiger partial charge >= 0.3 is 5.97 Å². The van der Waals surface area contributed by atoms with Crippen LogP contribution in [-0.4, -0.2) is 22.7 Å². The minimum atomic E-state index is -0.812. The van der Waals surface area contributed by atoms with Gasteiger partial charge in [0.25, 0.3) is 5.78 Å². The van der Waals surface area contributed by atoms with Crippen molar-refractivity contribution < 1.29 is 14.3 Å².